The average molecular weight is 429 g/mol. The molecule has 164 valence electrons. The van der Waals surface area contributed by atoms with Gasteiger partial charge in [0.25, 0.3) is 6.43 Å². The smallest absolute Gasteiger partial charge is 0.316 e. The standard InChI is InChI=1S/C22H25F2N5O2/c1-14-9-19(30)29(13-18(23)24)27-20(14)22(2)6-3-17(4-7-22)26-21(31)28-11-15-5-8-25-10-16(15)12-28/h3-6,8,10,14,18H,7,9,11-13H2,1-2H3,(H,26,31)/t14-,22?/m0/s1. The molecular formula is C22H25F2N5O2. The Bertz CT molecular complexity index is 965. The monoisotopic (exact) mass is 429 g/mol. The Morgan fingerprint density at radius 3 is 2.81 bits per heavy atom. The number of carbonyl (C=O) groups is 2. The summed E-state index contributed by atoms with van der Waals surface area (Å²) in [6.45, 7) is 4.22. The maximum Gasteiger partial charge on any atom is 0.322 e. The Morgan fingerprint density at radius 1 is 1.35 bits per heavy atom. The summed E-state index contributed by atoms with van der Waals surface area (Å²) in [5, 5.41) is 8.11. The topological polar surface area (TPSA) is 77.9 Å². The molecule has 2 atom stereocenters. The van der Waals surface area contributed by atoms with E-state index in [0.717, 1.165) is 16.1 Å². The number of nitrogens with zero attached hydrogens (tertiary/aromatic N) is 4. The van der Waals surface area contributed by atoms with Crippen LogP contribution in [0.2, 0.25) is 0 Å². The maximum atomic E-state index is 12.8. The van der Waals surface area contributed by atoms with Gasteiger partial charge in [0, 0.05) is 48.9 Å². The molecule has 0 bridgehead atoms. The van der Waals surface area contributed by atoms with E-state index in [9.17, 15) is 18.4 Å². The fourth-order valence-corrected chi connectivity index (χ4v) is 4.28. The van der Waals surface area contributed by atoms with Crippen molar-refractivity contribution >= 4 is 17.6 Å². The van der Waals surface area contributed by atoms with Crippen LogP contribution >= 0.6 is 0 Å². The summed E-state index contributed by atoms with van der Waals surface area (Å²) in [5.41, 5.74) is 3.02. The number of allylic oxidation sites excluding steroid dienone is 3. The maximum absolute atomic E-state index is 12.8. The van der Waals surface area contributed by atoms with Crippen molar-refractivity contribution < 1.29 is 18.4 Å². The van der Waals surface area contributed by atoms with E-state index in [-0.39, 0.29) is 24.3 Å². The molecule has 0 saturated carbocycles. The van der Waals surface area contributed by atoms with Crippen LogP contribution < -0.4 is 5.32 Å². The first-order valence-corrected chi connectivity index (χ1v) is 10.3. The van der Waals surface area contributed by atoms with Crippen molar-refractivity contribution in [3.05, 3.63) is 53.5 Å². The van der Waals surface area contributed by atoms with Crippen molar-refractivity contribution in [2.75, 3.05) is 6.54 Å². The highest BCUT2D eigenvalue weighted by atomic mass is 19.3. The van der Waals surface area contributed by atoms with E-state index in [1.165, 1.54) is 0 Å². The van der Waals surface area contributed by atoms with Gasteiger partial charge < -0.3 is 10.2 Å². The number of halogens is 2. The average Bonchev–Trinajstić information content (AvgIpc) is 3.16. The van der Waals surface area contributed by atoms with Gasteiger partial charge in [0.1, 0.15) is 6.54 Å². The molecule has 3 amide bonds. The zero-order valence-electron chi connectivity index (χ0n) is 17.5. The van der Waals surface area contributed by atoms with Gasteiger partial charge in [-0.15, -0.1) is 0 Å². The number of alkyl halides is 2. The number of amides is 3. The number of fused-ring (bicyclic) bond motifs is 1. The number of rotatable bonds is 4. The molecule has 1 aromatic heterocycles. The Balaban J connectivity index is 1.42. The molecule has 9 heteroatoms. The summed E-state index contributed by atoms with van der Waals surface area (Å²) in [6, 6.07) is 1.73. The Labute approximate surface area is 179 Å². The lowest BCUT2D eigenvalue weighted by Crippen LogP contribution is -2.44. The minimum absolute atomic E-state index is 0.141. The molecule has 2 aliphatic heterocycles. The van der Waals surface area contributed by atoms with Crippen LogP contribution in [0.5, 0.6) is 0 Å². The van der Waals surface area contributed by atoms with E-state index in [4.69, 9.17) is 0 Å². The number of pyridine rings is 1. The molecule has 0 radical (unpaired) electrons. The van der Waals surface area contributed by atoms with E-state index >= 15 is 0 Å². The zero-order valence-corrected chi connectivity index (χ0v) is 17.5. The number of carbonyl (C=O) groups excluding carboxylic acids is 2. The predicted octanol–water partition coefficient (Wildman–Crippen LogP) is 3.45. The first kappa shape index (κ1) is 21.1. The molecule has 3 aliphatic rings. The Hall–Kier alpha value is -3.10. The van der Waals surface area contributed by atoms with Crippen LogP contribution in [0.25, 0.3) is 0 Å². The molecule has 0 fully saturated rings. The zero-order chi connectivity index (χ0) is 22.2. The van der Waals surface area contributed by atoms with Crippen LogP contribution in [0, 0.1) is 11.3 Å². The third-order valence-corrected chi connectivity index (χ3v) is 6.00. The van der Waals surface area contributed by atoms with Crippen molar-refractivity contribution in [2.24, 2.45) is 16.4 Å². The highest BCUT2D eigenvalue weighted by Crippen LogP contribution is 2.36. The van der Waals surface area contributed by atoms with E-state index in [0.29, 0.717) is 30.9 Å². The summed E-state index contributed by atoms with van der Waals surface area (Å²) in [6.07, 6.45) is 7.22. The second-order valence-electron chi connectivity index (χ2n) is 8.50. The molecule has 3 heterocycles. The minimum atomic E-state index is -2.63. The summed E-state index contributed by atoms with van der Waals surface area (Å²) < 4.78 is 25.6. The summed E-state index contributed by atoms with van der Waals surface area (Å²) in [7, 11) is 0. The van der Waals surface area contributed by atoms with Crippen molar-refractivity contribution in [3.8, 4) is 0 Å². The summed E-state index contributed by atoms with van der Waals surface area (Å²) >= 11 is 0. The minimum Gasteiger partial charge on any atom is -0.316 e. The van der Waals surface area contributed by atoms with Crippen molar-refractivity contribution in [2.45, 2.75) is 46.2 Å². The number of hydrazone groups is 1. The lowest BCUT2D eigenvalue weighted by Gasteiger charge is -2.37. The SMILES string of the molecule is C[C@H]1CC(=O)N(CC(F)F)N=C1C1(C)C=CC(NC(=O)N2Cc3ccncc3C2)=CC1. The second kappa shape index (κ2) is 8.20. The van der Waals surface area contributed by atoms with Crippen molar-refractivity contribution in [1.82, 2.24) is 20.2 Å². The van der Waals surface area contributed by atoms with Crippen LogP contribution in [0.4, 0.5) is 13.6 Å². The van der Waals surface area contributed by atoms with Gasteiger partial charge in [0.2, 0.25) is 5.91 Å². The molecule has 1 unspecified atom stereocenters. The quantitative estimate of drug-likeness (QED) is 0.796. The molecule has 0 saturated heterocycles. The van der Waals surface area contributed by atoms with Gasteiger partial charge in [-0.1, -0.05) is 26.0 Å². The highest BCUT2D eigenvalue weighted by Gasteiger charge is 2.38. The lowest BCUT2D eigenvalue weighted by atomic mass is 9.73. The number of hydrogen-bond acceptors (Lipinski definition) is 4. The van der Waals surface area contributed by atoms with Gasteiger partial charge in [-0.3, -0.25) is 9.78 Å². The fourth-order valence-electron chi connectivity index (χ4n) is 4.28. The van der Waals surface area contributed by atoms with Crippen LogP contribution in [0.3, 0.4) is 0 Å². The number of nitrogens with one attached hydrogen (secondary N) is 1. The number of aromatic nitrogens is 1. The molecule has 31 heavy (non-hydrogen) atoms. The number of urea groups is 1. The molecule has 0 spiro atoms. The van der Waals surface area contributed by atoms with Crippen LogP contribution in [-0.2, 0) is 17.9 Å². The van der Waals surface area contributed by atoms with Crippen molar-refractivity contribution in [3.63, 3.8) is 0 Å². The van der Waals surface area contributed by atoms with Gasteiger partial charge in [0.05, 0.1) is 5.71 Å². The molecule has 0 aromatic carbocycles. The van der Waals surface area contributed by atoms with Crippen LogP contribution in [0.15, 0.2) is 47.5 Å². The van der Waals surface area contributed by atoms with Crippen molar-refractivity contribution in [1.29, 1.82) is 0 Å². The van der Waals surface area contributed by atoms with Gasteiger partial charge in [-0.25, -0.2) is 18.6 Å². The van der Waals surface area contributed by atoms with Gasteiger partial charge in [-0.2, -0.15) is 5.10 Å². The Morgan fingerprint density at radius 2 is 2.13 bits per heavy atom. The van der Waals surface area contributed by atoms with E-state index in [1.54, 1.807) is 17.3 Å². The predicted molar refractivity (Wildman–Crippen MR) is 111 cm³/mol. The van der Waals surface area contributed by atoms with E-state index < -0.39 is 18.4 Å². The van der Waals surface area contributed by atoms with Gasteiger partial charge >= 0.3 is 6.03 Å². The van der Waals surface area contributed by atoms with E-state index in [1.807, 2.05) is 38.1 Å². The third kappa shape index (κ3) is 4.35. The molecule has 1 aromatic rings. The number of hydrogen-bond donors (Lipinski definition) is 1. The van der Waals surface area contributed by atoms with Gasteiger partial charge in [-0.05, 0) is 29.7 Å². The van der Waals surface area contributed by atoms with E-state index in [2.05, 4.69) is 15.4 Å². The second-order valence-corrected chi connectivity index (χ2v) is 8.50. The van der Waals surface area contributed by atoms with Crippen LogP contribution in [0.1, 0.15) is 37.8 Å². The molecule has 1 aliphatic carbocycles. The highest BCUT2D eigenvalue weighted by molar-refractivity contribution is 5.99. The largest absolute Gasteiger partial charge is 0.322 e. The molecule has 7 nitrogen and oxygen atoms in total. The fraction of sp³-hybridized carbons (Fsp3) is 0.455. The molecular weight excluding hydrogens is 404 g/mol. The van der Waals surface area contributed by atoms with Crippen LogP contribution in [-0.4, -0.2) is 45.5 Å². The summed E-state index contributed by atoms with van der Waals surface area (Å²) in [4.78, 5) is 30.5. The summed E-state index contributed by atoms with van der Waals surface area (Å²) in [5.74, 6) is -0.525. The lowest BCUT2D eigenvalue weighted by molar-refractivity contribution is -0.134. The molecule has 4 rings (SSSR count). The third-order valence-electron chi connectivity index (χ3n) is 6.00. The first-order valence-electron chi connectivity index (χ1n) is 10.3. The first-order chi connectivity index (χ1) is 14.7. The normalized spacial score (nSPS) is 25.5. The molecule has 1 N–H and O–H groups in total. The Kier molecular flexibility index (Phi) is 5.60. The van der Waals surface area contributed by atoms with Gasteiger partial charge in [0.15, 0.2) is 0 Å².